The number of amides is 2. The van der Waals surface area contributed by atoms with Gasteiger partial charge in [0.25, 0.3) is 0 Å². The van der Waals surface area contributed by atoms with Gasteiger partial charge in [-0.3, -0.25) is 4.90 Å². The first-order chi connectivity index (χ1) is 9.88. The maximum atomic E-state index is 11.9. The molecule has 0 aromatic rings. The van der Waals surface area contributed by atoms with E-state index in [0.717, 1.165) is 32.7 Å². The van der Waals surface area contributed by atoms with Crippen LogP contribution in [0, 0.1) is 0 Å². The van der Waals surface area contributed by atoms with Gasteiger partial charge >= 0.3 is 6.03 Å². The van der Waals surface area contributed by atoms with Crippen LogP contribution in [0.25, 0.3) is 0 Å². The van der Waals surface area contributed by atoms with Crippen LogP contribution in [0.3, 0.4) is 0 Å². The fraction of sp³-hybridized carbons (Fsp3) is 0.933. The van der Waals surface area contributed by atoms with Crippen LogP contribution in [0.2, 0.25) is 0 Å². The summed E-state index contributed by atoms with van der Waals surface area (Å²) in [6.45, 7) is 11.3. The fourth-order valence-corrected chi connectivity index (χ4v) is 2.48. The van der Waals surface area contributed by atoms with Gasteiger partial charge in [-0.2, -0.15) is 0 Å². The Labute approximate surface area is 128 Å². The van der Waals surface area contributed by atoms with Crippen LogP contribution in [-0.4, -0.2) is 78.9 Å². The van der Waals surface area contributed by atoms with Crippen molar-refractivity contribution in [2.45, 2.75) is 45.3 Å². The quantitative estimate of drug-likeness (QED) is 0.639. The summed E-state index contributed by atoms with van der Waals surface area (Å²) >= 11 is 0. The number of carbonyl (C=O) groups excluding carboxylic acids is 1. The molecule has 1 aliphatic heterocycles. The Morgan fingerprint density at radius 3 is 2.33 bits per heavy atom. The maximum Gasteiger partial charge on any atom is 0.315 e. The first-order valence-electron chi connectivity index (χ1n) is 8.06. The maximum absolute atomic E-state index is 11.9. The summed E-state index contributed by atoms with van der Waals surface area (Å²) in [6.07, 6.45) is 1.28. The first-order valence-corrected chi connectivity index (χ1v) is 8.06. The highest BCUT2D eigenvalue weighted by Crippen LogP contribution is 2.12. The molecule has 0 aromatic carbocycles. The monoisotopic (exact) mass is 300 g/mol. The SMILES string of the molecule is CCC(O)(CC)CNC(=O)NC(C)CN1CCN(C)CC1. The largest absolute Gasteiger partial charge is 0.388 e. The Bertz CT molecular complexity index is 313. The number of piperazine rings is 1. The van der Waals surface area contributed by atoms with Crippen LogP contribution in [0.4, 0.5) is 4.79 Å². The molecule has 124 valence electrons. The number of urea groups is 1. The molecule has 3 N–H and O–H groups in total. The standard InChI is InChI=1S/C15H32N4O2/c1-5-15(21,6-2)12-16-14(20)17-13(3)11-19-9-7-18(4)8-10-19/h13,21H,5-12H2,1-4H3,(H2,16,17,20). The Kier molecular flexibility index (Phi) is 7.42. The zero-order valence-electron chi connectivity index (χ0n) is 14.0. The van der Waals surface area contributed by atoms with Gasteiger partial charge in [0.15, 0.2) is 0 Å². The highest BCUT2D eigenvalue weighted by atomic mass is 16.3. The number of nitrogens with one attached hydrogen (secondary N) is 2. The predicted octanol–water partition coefficient (Wildman–Crippen LogP) is 0.473. The third-order valence-corrected chi connectivity index (χ3v) is 4.40. The van der Waals surface area contributed by atoms with Crippen LogP contribution >= 0.6 is 0 Å². The van der Waals surface area contributed by atoms with E-state index < -0.39 is 5.60 Å². The third-order valence-electron chi connectivity index (χ3n) is 4.40. The molecule has 6 heteroatoms. The number of hydrogen-bond acceptors (Lipinski definition) is 4. The van der Waals surface area contributed by atoms with Crippen LogP contribution < -0.4 is 10.6 Å². The van der Waals surface area contributed by atoms with Gasteiger partial charge in [0.05, 0.1) is 5.60 Å². The number of nitrogens with zero attached hydrogens (tertiary/aromatic N) is 2. The van der Waals surface area contributed by atoms with E-state index in [1.165, 1.54) is 0 Å². The second kappa shape index (κ2) is 8.56. The molecule has 1 atom stereocenters. The van der Waals surface area contributed by atoms with Crippen LogP contribution in [0.15, 0.2) is 0 Å². The molecule has 1 fully saturated rings. The molecule has 0 aromatic heterocycles. The van der Waals surface area contributed by atoms with Gasteiger partial charge < -0.3 is 20.6 Å². The minimum Gasteiger partial charge on any atom is -0.388 e. The van der Waals surface area contributed by atoms with E-state index in [9.17, 15) is 9.90 Å². The van der Waals surface area contributed by atoms with E-state index in [2.05, 4.69) is 27.5 Å². The molecule has 0 aliphatic carbocycles. The topological polar surface area (TPSA) is 67.8 Å². The summed E-state index contributed by atoms with van der Waals surface area (Å²) in [5.74, 6) is 0. The van der Waals surface area contributed by atoms with E-state index in [1.54, 1.807) is 0 Å². The predicted molar refractivity (Wildman–Crippen MR) is 85.5 cm³/mol. The van der Waals surface area contributed by atoms with Gasteiger partial charge in [-0.15, -0.1) is 0 Å². The third kappa shape index (κ3) is 6.63. The highest BCUT2D eigenvalue weighted by molar-refractivity contribution is 5.74. The lowest BCUT2D eigenvalue weighted by molar-refractivity contribution is 0.0348. The number of aliphatic hydroxyl groups is 1. The Hall–Kier alpha value is -0.850. The van der Waals surface area contributed by atoms with Crippen LogP contribution in [0.1, 0.15) is 33.6 Å². The molecule has 0 saturated carbocycles. The summed E-state index contributed by atoms with van der Waals surface area (Å²) in [5, 5.41) is 15.9. The zero-order chi connectivity index (χ0) is 15.9. The van der Waals surface area contributed by atoms with Gasteiger partial charge in [0.1, 0.15) is 0 Å². The van der Waals surface area contributed by atoms with Gasteiger partial charge in [-0.1, -0.05) is 13.8 Å². The van der Waals surface area contributed by atoms with Crippen molar-refractivity contribution < 1.29 is 9.90 Å². The smallest absolute Gasteiger partial charge is 0.315 e. The molecule has 0 spiro atoms. The molecule has 1 aliphatic rings. The molecule has 21 heavy (non-hydrogen) atoms. The van der Waals surface area contributed by atoms with Crippen molar-refractivity contribution in [3.63, 3.8) is 0 Å². The normalized spacial score (nSPS) is 19.3. The molecule has 0 bridgehead atoms. The van der Waals surface area contributed by atoms with E-state index in [-0.39, 0.29) is 12.1 Å². The first kappa shape index (κ1) is 18.2. The molecule has 6 nitrogen and oxygen atoms in total. The van der Waals surface area contributed by atoms with Crippen molar-refractivity contribution in [2.24, 2.45) is 0 Å². The van der Waals surface area contributed by atoms with Crippen molar-refractivity contribution >= 4 is 6.03 Å². The summed E-state index contributed by atoms with van der Waals surface area (Å²) < 4.78 is 0. The van der Waals surface area contributed by atoms with Gasteiger partial charge in [-0.05, 0) is 26.8 Å². The number of likely N-dealkylation sites (N-methyl/N-ethyl adjacent to an activating group) is 1. The fourth-order valence-electron chi connectivity index (χ4n) is 2.48. The molecule has 1 heterocycles. The van der Waals surface area contributed by atoms with Crippen LogP contribution in [0.5, 0.6) is 0 Å². The van der Waals surface area contributed by atoms with Gasteiger partial charge in [0, 0.05) is 45.3 Å². The van der Waals surface area contributed by atoms with Gasteiger partial charge in [-0.25, -0.2) is 4.79 Å². The molecule has 0 radical (unpaired) electrons. The Morgan fingerprint density at radius 1 is 1.24 bits per heavy atom. The number of carbonyl (C=O) groups is 1. The molecule has 1 unspecified atom stereocenters. The number of rotatable bonds is 7. The lowest BCUT2D eigenvalue weighted by Gasteiger charge is -2.34. The van der Waals surface area contributed by atoms with Crippen molar-refractivity contribution in [1.29, 1.82) is 0 Å². The molecule has 1 rings (SSSR count). The molecular weight excluding hydrogens is 268 g/mol. The summed E-state index contributed by atoms with van der Waals surface area (Å²) in [5.41, 5.74) is -0.794. The van der Waals surface area contributed by atoms with E-state index in [4.69, 9.17) is 0 Å². The lowest BCUT2D eigenvalue weighted by atomic mass is 9.98. The summed E-state index contributed by atoms with van der Waals surface area (Å²) in [6, 6.07) is -0.0956. The number of hydrogen-bond donors (Lipinski definition) is 3. The Balaban J connectivity index is 2.24. The van der Waals surface area contributed by atoms with Crippen molar-refractivity contribution in [1.82, 2.24) is 20.4 Å². The van der Waals surface area contributed by atoms with Crippen molar-refractivity contribution in [3.8, 4) is 0 Å². The molecular formula is C15H32N4O2. The van der Waals surface area contributed by atoms with E-state index in [0.29, 0.717) is 19.4 Å². The minimum atomic E-state index is -0.794. The van der Waals surface area contributed by atoms with Crippen molar-refractivity contribution in [3.05, 3.63) is 0 Å². The summed E-state index contributed by atoms with van der Waals surface area (Å²) in [4.78, 5) is 16.6. The average molecular weight is 300 g/mol. The molecule has 2 amide bonds. The Morgan fingerprint density at radius 2 is 1.81 bits per heavy atom. The summed E-state index contributed by atoms with van der Waals surface area (Å²) in [7, 11) is 2.13. The van der Waals surface area contributed by atoms with Crippen molar-refractivity contribution in [2.75, 3.05) is 46.3 Å². The highest BCUT2D eigenvalue weighted by Gasteiger charge is 2.23. The second-order valence-corrected chi connectivity index (χ2v) is 6.26. The average Bonchev–Trinajstić information content (AvgIpc) is 2.47. The van der Waals surface area contributed by atoms with E-state index in [1.807, 2.05) is 20.8 Å². The van der Waals surface area contributed by atoms with Gasteiger partial charge in [0.2, 0.25) is 0 Å². The molecule has 1 saturated heterocycles. The van der Waals surface area contributed by atoms with Crippen LogP contribution in [-0.2, 0) is 0 Å². The zero-order valence-corrected chi connectivity index (χ0v) is 14.0. The lowest BCUT2D eigenvalue weighted by Crippen LogP contribution is -2.52. The second-order valence-electron chi connectivity index (χ2n) is 6.26. The minimum absolute atomic E-state index is 0.102. The van der Waals surface area contributed by atoms with E-state index >= 15 is 0 Å².